The summed E-state index contributed by atoms with van der Waals surface area (Å²) < 4.78 is 15.8. The first-order chi connectivity index (χ1) is 13.0. The lowest BCUT2D eigenvalue weighted by atomic mass is 9.86. The van der Waals surface area contributed by atoms with Crippen LogP contribution >= 0.6 is 0 Å². The van der Waals surface area contributed by atoms with Gasteiger partial charge in [-0.2, -0.15) is 0 Å². The van der Waals surface area contributed by atoms with Crippen LogP contribution in [0.1, 0.15) is 90.9 Å². The molecular formula is C22H40O5. The normalized spacial score (nSPS) is 17.3. The third kappa shape index (κ3) is 12.1. The van der Waals surface area contributed by atoms with Crippen molar-refractivity contribution in [1.29, 1.82) is 0 Å². The smallest absolute Gasteiger partial charge is 0.305 e. The zero-order valence-electron chi connectivity index (χ0n) is 17.7. The highest BCUT2D eigenvalue weighted by Crippen LogP contribution is 2.27. The topological polar surface area (TPSA) is 61.8 Å². The van der Waals surface area contributed by atoms with Crippen LogP contribution in [0.15, 0.2) is 0 Å². The Labute approximate surface area is 165 Å². The molecule has 1 aliphatic carbocycles. The van der Waals surface area contributed by atoms with E-state index < -0.39 is 6.10 Å². The van der Waals surface area contributed by atoms with E-state index in [2.05, 4.69) is 13.8 Å². The molecule has 1 aliphatic rings. The second kappa shape index (κ2) is 14.9. The molecule has 0 amide bonds. The summed E-state index contributed by atoms with van der Waals surface area (Å²) in [6.45, 7) is 4.62. The summed E-state index contributed by atoms with van der Waals surface area (Å²) in [5.41, 5.74) is 0. The minimum Gasteiger partial charge on any atom is -0.463 e. The molecule has 158 valence electrons. The van der Waals surface area contributed by atoms with Gasteiger partial charge >= 0.3 is 11.9 Å². The molecule has 2 unspecified atom stereocenters. The van der Waals surface area contributed by atoms with Crippen LogP contribution in [0.4, 0.5) is 0 Å². The lowest BCUT2D eigenvalue weighted by Crippen LogP contribution is -2.27. The number of methoxy groups -OCH3 is 1. The molecule has 2 atom stereocenters. The number of esters is 2. The van der Waals surface area contributed by atoms with Crippen LogP contribution in [0.5, 0.6) is 0 Å². The molecule has 0 N–H and O–H groups in total. The van der Waals surface area contributed by atoms with E-state index >= 15 is 0 Å². The Morgan fingerprint density at radius 2 is 1.56 bits per heavy atom. The highest BCUT2D eigenvalue weighted by atomic mass is 16.6. The van der Waals surface area contributed by atoms with Gasteiger partial charge in [0, 0.05) is 20.0 Å². The van der Waals surface area contributed by atoms with Gasteiger partial charge in [-0.3, -0.25) is 9.59 Å². The number of hydrogen-bond donors (Lipinski definition) is 0. The summed E-state index contributed by atoms with van der Waals surface area (Å²) in [4.78, 5) is 23.7. The average Bonchev–Trinajstić information content (AvgIpc) is 2.68. The summed E-state index contributed by atoms with van der Waals surface area (Å²) in [6.07, 6.45) is 12.2. The minimum atomic E-state index is -0.397. The van der Waals surface area contributed by atoms with Gasteiger partial charge in [0.25, 0.3) is 0 Å². The Morgan fingerprint density at radius 1 is 0.963 bits per heavy atom. The molecule has 0 aromatic heterocycles. The SMILES string of the molecule is CCC(C)CCCC(=O)OCC(COC(=O)CCCC1CCCCC1)OC. The van der Waals surface area contributed by atoms with Crippen molar-refractivity contribution < 1.29 is 23.8 Å². The zero-order chi connectivity index (χ0) is 19.9. The Balaban J connectivity index is 2.08. The van der Waals surface area contributed by atoms with Gasteiger partial charge < -0.3 is 14.2 Å². The highest BCUT2D eigenvalue weighted by molar-refractivity contribution is 5.69. The van der Waals surface area contributed by atoms with Gasteiger partial charge in [0.1, 0.15) is 19.3 Å². The first-order valence-electron chi connectivity index (χ1n) is 10.9. The molecule has 0 aromatic rings. The van der Waals surface area contributed by atoms with Crippen LogP contribution in [0.2, 0.25) is 0 Å². The number of rotatable bonds is 14. The number of carbonyl (C=O) groups excluding carboxylic acids is 2. The van der Waals surface area contributed by atoms with E-state index in [1.54, 1.807) is 7.11 Å². The van der Waals surface area contributed by atoms with Crippen molar-refractivity contribution in [3.8, 4) is 0 Å². The predicted molar refractivity (Wildman–Crippen MR) is 106 cm³/mol. The fourth-order valence-corrected chi connectivity index (χ4v) is 3.51. The van der Waals surface area contributed by atoms with E-state index in [9.17, 15) is 9.59 Å². The van der Waals surface area contributed by atoms with Gasteiger partial charge in [0.15, 0.2) is 0 Å². The summed E-state index contributed by atoms with van der Waals surface area (Å²) in [6, 6.07) is 0. The first-order valence-corrected chi connectivity index (χ1v) is 10.9. The molecule has 1 saturated carbocycles. The Kier molecular flexibility index (Phi) is 13.2. The second-order valence-corrected chi connectivity index (χ2v) is 8.03. The van der Waals surface area contributed by atoms with Crippen molar-refractivity contribution >= 4 is 11.9 Å². The van der Waals surface area contributed by atoms with E-state index in [0.29, 0.717) is 18.8 Å². The van der Waals surface area contributed by atoms with Crippen molar-refractivity contribution in [2.75, 3.05) is 20.3 Å². The molecule has 1 fully saturated rings. The van der Waals surface area contributed by atoms with Crippen molar-refractivity contribution in [2.24, 2.45) is 11.8 Å². The van der Waals surface area contributed by atoms with Crippen LogP contribution in [-0.4, -0.2) is 38.4 Å². The van der Waals surface area contributed by atoms with Gasteiger partial charge in [0.2, 0.25) is 0 Å². The van der Waals surface area contributed by atoms with E-state index in [1.165, 1.54) is 32.1 Å². The maximum atomic E-state index is 11.9. The molecule has 5 nitrogen and oxygen atoms in total. The lowest BCUT2D eigenvalue weighted by molar-refractivity contribution is -0.153. The lowest BCUT2D eigenvalue weighted by Gasteiger charge is -2.21. The largest absolute Gasteiger partial charge is 0.463 e. The third-order valence-electron chi connectivity index (χ3n) is 5.69. The monoisotopic (exact) mass is 384 g/mol. The fraction of sp³-hybridized carbons (Fsp3) is 0.909. The molecule has 0 spiro atoms. The van der Waals surface area contributed by atoms with Crippen LogP contribution in [-0.2, 0) is 23.8 Å². The van der Waals surface area contributed by atoms with E-state index in [0.717, 1.165) is 38.0 Å². The highest BCUT2D eigenvalue weighted by Gasteiger charge is 2.16. The molecule has 5 heteroatoms. The zero-order valence-corrected chi connectivity index (χ0v) is 17.7. The fourth-order valence-electron chi connectivity index (χ4n) is 3.51. The van der Waals surface area contributed by atoms with Crippen LogP contribution in [0.3, 0.4) is 0 Å². The van der Waals surface area contributed by atoms with Crippen molar-refractivity contribution in [3.05, 3.63) is 0 Å². The molecule has 0 heterocycles. The Morgan fingerprint density at radius 3 is 2.11 bits per heavy atom. The van der Waals surface area contributed by atoms with Gasteiger partial charge in [-0.05, 0) is 31.1 Å². The number of ether oxygens (including phenoxy) is 3. The minimum absolute atomic E-state index is 0.133. The van der Waals surface area contributed by atoms with Gasteiger partial charge in [-0.15, -0.1) is 0 Å². The summed E-state index contributed by atoms with van der Waals surface area (Å²) in [5, 5.41) is 0. The number of hydrogen-bond acceptors (Lipinski definition) is 5. The van der Waals surface area contributed by atoms with Crippen LogP contribution in [0, 0.1) is 11.8 Å². The van der Waals surface area contributed by atoms with Gasteiger partial charge in [-0.25, -0.2) is 0 Å². The maximum absolute atomic E-state index is 11.9. The van der Waals surface area contributed by atoms with E-state index in [4.69, 9.17) is 14.2 Å². The van der Waals surface area contributed by atoms with E-state index in [-0.39, 0.29) is 25.2 Å². The van der Waals surface area contributed by atoms with Crippen LogP contribution in [0.25, 0.3) is 0 Å². The maximum Gasteiger partial charge on any atom is 0.305 e. The molecule has 0 bridgehead atoms. The average molecular weight is 385 g/mol. The summed E-state index contributed by atoms with van der Waals surface area (Å²) in [7, 11) is 1.54. The molecule has 0 aromatic carbocycles. The van der Waals surface area contributed by atoms with Gasteiger partial charge in [0.05, 0.1) is 0 Å². The molecule has 0 radical (unpaired) electrons. The quantitative estimate of drug-likeness (QED) is 0.392. The Hall–Kier alpha value is -1.10. The molecular weight excluding hydrogens is 344 g/mol. The standard InChI is InChI=1S/C22H40O5/c1-4-18(2)10-8-14-21(23)26-16-20(25-3)17-27-22(24)15-9-13-19-11-6-5-7-12-19/h18-20H,4-17H2,1-3H3. The first kappa shape index (κ1) is 23.9. The molecule has 0 aliphatic heterocycles. The van der Waals surface area contributed by atoms with Gasteiger partial charge in [-0.1, -0.05) is 58.8 Å². The predicted octanol–water partition coefficient (Wildman–Crippen LogP) is 5.05. The molecule has 1 rings (SSSR count). The number of carbonyl (C=O) groups is 2. The summed E-state index contributed by atoms with van der Waals surface area (Å²) in [5.74, 6) is 1.03. The molecule has 27 heavy (non-hydrogen) atoms. The summed E-state index contributed by atoms with van der Waals surface area (Å²) >= 11 is 0. The second-order valence-electron chi connectivity index (χ2n) is 8.03. The molecule has 0 saturated heterocycles. The Bertz CT molecular complexity index is 404. The third-order valence-corrected chi connectivity index (χ3v) is 5.69. The van der Waals surface area contributed by atoms with Crippen LogP contribution < -0.4 is 0 Å². The van der Waals surface area contributed by atoms with Crippen molar-refractivity contribution in [3.63, 3.8) is 0 Å². The van der Waals surface area contributed by atoms with Crippen molar-refractivity contribution in [1.82, 2.24) is 0 Å². The van der Waals surface area contributed by atoms with Crippen molar-refractivity contribution in [2.45, 2.75) is 97.0 Å². The van der Waals surface area contributed by atoms with E-state index in [1.807, 2.05) is 0 Å².